The summed E-state index contributed by atoms with van der Waals surface area (Å²) in [6.45, 7) is 0.320. The monoisotopic (exact) mass is 480 g/mol. The van der Waals surface area contributed by atoms with E-state index in [1.807, 2.05) is 24.3 Å². The molecule has 174 valence electrons. The van der Waals surface area contributed by atoms with E-state index in [1.54, 1.807) is 4.90 Å². The van der Waals surface area contributed by atoms with Gasteiger partial charge in [-0.3, -0.25) is 23.5 Å². The summed E-state index contributed by atoms with van der Waals surface area (Å²) >= 11 is 0.938. The molecule has 4 heterocycles. The zero-order valence-corrected chi connectivity index (χ0v) is 19.1. The van der Waals surface area contributed by atoms with Gasteiger partial charge in [-0.2, -0.15) is 0 Å². The van der Waals surface area contributed by atoms with Crippen LogP contribution in [0.3, 0.4) is 0 Å². The maximum absolute atomic E-state index is 13.4. The largest absolute Gasteiger partial charge is 0.383 e. The summed E-state index contributed by atoms with van der Waals surface area (Å²) in [5, 5.41) is 0.352. The third-order valence-electron chi connectivity index (χ3n) is 5.72. The Morgan fingerprint density at radius 1 is 1.15 bits per heavy atom. The number of imidazole rings is 1. The van der Waals surface area contributed by atoms with Gasteiger partial charge in [-0.1, -0.05) is 18.2 Å². The van der Waals surface area contributed by atoms with Crippen LogP contribution in [0.15, 0.2) is 55.0 Å². The van der Waals surface area contributed by atoms with Crippen LogP contribution in [0.4, 0.5) is 11.5 Å². The third kappa shape index (κ3) is 3.50. The van der Waals surface area contributed by atoms with Crippen molar-refractivity contribution in [1.82, 2.24) is 28.7 Å². The van der Waals surface area contributed by atoms with E-state index in [1.165, 1.54) is 23.2 Å². The maximum Gasteiger partial charge on any atom is 0.332 e. The minimum Gasteiger partial charge on any atom is -0.383 e. The van der Waals surface area contributed by atoms with E-state index in [0.717, 1.165) is 40.1 Å². The van der Waals surface area contributed by atoms with Crippen LogP contribution < -0.4 is 27.4 Å². The molecular formula is C21H20N8O4S. The molecule has 0 radical (unpaired) electrons. The first-order valence-corrected chi connectivity index (χ1v) is 11.2. The van der Waals surface area contributed by atoms with Crippen molar-refractivity contribution in [3.05, 3.63) is 67.1 Å². The Bertz CT molecular complexity index is 1650. The molecule has 0 saturated carbocycles. The number of rotatable bonds is 4. The van der Waals surface area contributed by atoms with Crippen LogP contribution in [-0.2, 0) is 31.9 Å². The number of nitrogens with one attached hydrogen (secondary N) is 1. The van der Waals surface area contributed by atoms with Crippen molar-refractivity contribution in [2.75, 3.05) is 17.2 Å². The van der Waals surface area contributed by atoms with Crippen molar-refractivity contribution in [1.29, 1.82) is 0 Å². The van der Waals surface area contributed by atoms with Crippen LogP contribution in [0.2, 0.25) is 0 Å². The number of fused-ring (bicyclic) bond motifs is 2. The van der Waals surface area contributed by atoms with Gasteiger partial charge >= 0.3 is 5.69 Å². The van der Waals surface area contributed by atoms with Gasteiger partial charge in [0.25, 0.3) is 11.1 Å². The average molecular weight is 481 g/mol. The topological polar surface area (TPSA) is 154 Å². The molecule has 0 bridgehead atoms. The third-order valence-corrected chi connectivity index (χ3v) is 6.60. The Kier molecular flexibility index (Phi) is 5.12. The fourth-order valence-corrected chi connectivity index (χ4v) is 4.93. The second-order valence-electron chi connectivity index (χ2n) is 7.86. The molecule has 34 heavy (non-hydrogen) atoms. The molecule has 4 aromatic rings. The molecule has 1 aromatic carbocycles. The maximum atomic E-state index is 13.4. The van der Waals surface area contributed by atoms with Crippen LogP contribution in [0.5, 0.6) is 0 Å². The highest BCUT2D eigenvalue weighted by molar-refractivity contribution is 7.99. The Morgan fingerprint density at radius 3 is 2.68 bits per heavy atom. The van der Waals surface area contributed by atoms with Gasteiger partial charge in [-0.15, -0.1) is 0 Å². The van der Waals surface area contributed by atoms with Crippen molar-refractivity contribution in [3.8, 4) is 0 Å². The summed E-state index contributed by atoms with van der Waals surface area (Å²) in [5.74, 6) is -0.224. The lowest BCUT2D eigenvalue weighted by atomic mass is 10.2. The predicted octanol–water partition coefficient (Wildman–Crippen LogP) is -0.160. The first kappa shape index (κ1) is 21.7. The van der Waals surface area contributed by atoms with Crippen LogP contribution in [-0.4, -0.2) is 41.1 Å². The van der Waals surface area contributed by atoms with Gasteiger partial charge in [0, 0.05) is 32.4 Å². The molecule has 1 amide bonds. The van der Waals surface area contributed by atoms with Crippen molar-refractivity contribution < 1.29 is 4.79 Å². The molecule has 3 N–H and O–H groups in total. The van der Waals surface area contributed by atoms with E-state index in [-0.39, 0.29) is 39.7 Å². The zero-order chi connectivity index (χ0) is 24.1. The number of aromatic amines is 1. The molecule has 12 nitrogen and oxygen atoms in total. The molecule has 1 aliphatic rings. The van der Waals surface area contributed by atoms with Crippen LogP contribution >= 0.6 is 11.8 Å². The number of H-pyrrole nitrogens is 1. The number of aromatic nitrogens is 6. The van der Waals surface area contributed by atoms with Crippen molar-refractivity contribution in [3.63, 3.8) is 0 Å². The summed E-state index contributed by atoms with van der Waals surface area (Å²) in [5.41, 5.74) is 6.22. The number of amides is 1. The number of para-hydroxylation sites is 1. The number of hydrogen-bond donors (Lipinski definition) is 2. The second kappa shape index (κ2) is 8.02. The highest BCUT2D eigenvalue weighted by Gasteiger charge is 2.27. The number of benzene rings is 1. The average Bonchev–Trinajstić information content (AvgIpc) is 3.38. The standard InChI is InChI=1S/C21H20N8O4S/c1-26-17-16(18(32)27(2)21(26)33)29(20(25-17)34-19-23-13(22)9-14(30)24-19)10-15(31)28-8-7-11-5-3-4-6-12(11)28/h3-6,9H,7-8,10H2,1-2H3,(H3,22,23,24,30). The molecule has 1 aliphatic heterocycles. The van der Waals surface area contributed by atoms with Crippen LogP contribution in [0.25, 0.3) is 11.2 Å². The summed E-state index contributed by atoms with van der Waals surface area (Å²) < 4.78 is 3.65. The normalized spacial score (nSPS) is 12.9. The lowest BCUT2D eigenvalue weighted by Gasteiger charge is -2.18. The molecule has 5 rings (SSSR count). The SMILES string of the molecule is Cn1c(=O)c2c(nc(Sc3nc(N)cc(=O)[nH]3)n2CC(=O)N2CCc3ccccc32)n(C)c1=O. The minimum absolute atomic E-state index is 0.0157. The molecule has 13 heteroatoms. The molecule has 0 aliphatic carbocycles. The summed E-state index contributed by atoms with van der Waals surface area (Å²) in [6.07, 6.45) is 0.735. The number of carbonyl (C=O) groups is 1. The van der Waals surface area contributed by atoms with Crippen LogP contribution in [0.1, 0.15) is 5.56 Å². The van der Waals surface area contributed by atoms with E-state index >= 15 is 0 Å². The minimum atomic E-state index is -0.582. The number of nitrogens with two attached hydrogens (primary N) is 1. The highest BCUT2D eigenvalue weighted by Crippen LogP contribution is 2.30. The molecular weight excluding hydrogens is 460 g/mol. The van der Waals surface area contributed by atoms with E-state index in [2.05, 4.69) is 15.0 Å². The van der Waals surface area contributed by atoms with Crippen LogP contribution in [0, 0.1) is 0 Å². The number of carbonyl (C=O) groups excluding carboxylic acids is 1. The molecule has 0 unspecified atom stereocenters. The van der Waals surface area contributed by atoms with Gasteiger partial charge in [-0.25, -0.2) is 14.8 Å². The summed E-state index contributed by atoms with van der Waals surface area (Å²) in [4.78, 5) is 63.5. The van der Waals surface area contributed by atoms with Crippen molar-refractivity contribution in [2.45, 2.75) is 23.3 Å². The van der Waals surface area contributed by atoms with Gasteiger partial charge in [-0.05, 0) is 29.8 Å². The number of nitrogen functional groups attached to an aromatic ring is 1. The van der Waals surface area contributed by atoms with Gasteiger partial charge < -0.3 is 20.2 Å². The molecule has 0 saturated heterocycles. The molecule has 0 spiro atoms. The van der Waals surface area contributed by atoms with Gasteiger partial charge in [0.05, 0.1) is 0 Å². The summed E-state index contributed by atoms with van der Waals surface area (Å²) in [6, 6.07) is 8.79. The fourth-order valence-electron chi connectivity index (χ4n) is 4.06. The first-order valence-electron chi connectivity index (χ1n) is 10.3. The van der Waals surface area contributed by atoms with Crippen molar-refractivity contribution >= 4 is 40.3 Å². The zero-order valence-electron chi connectivity index (χ0n) is 18.3. The predicted molar refractivity (Wildman–Crippen MR) is 126 cm³/mol. The number of aryl methyl sites for hydroxylation is 1. The second-order valence-corrected chi connectivity index (χ2v) is 8.82. The number of nitrogens with zero attached hydrogens (tertiary/aromatic N) is 6. The highest BCUT2D eigenvalue weighted by atomic mass is 32.2. The molecule has 0 fully saturated rings. The van der Waals surface area contributed by atoms with Gasteiger partial charge in [0.2, 0.25) is 5.91 Å². The Morgan fingerprint density at radius 2 is 1.91 bits per heavy atom. The van der Waals surface area contributed by atoms with Gasteiger partial charge in [0.15, 0.2) is 21.5 Å². The quantitative estimate of drug-likeness (QED) is 0.382. The Balaban J connectivity index is 1.65. The van der Waals surface area contributed by atoms with Gasteiger partial charge in [0.1, 0.15) is 12.4 Å². The Labute approximate surface area is 195 Å². The number of hydrogen-bond acceptors (Lipinski definition) is 8. The number of anilines is 2. The Hall–Kier alpha value is -4.13. The van der Waals surface area contributed by atoms with E-state index < -0.39 is 16.8 Å². The van der Waals surface area contributed by atoms with E-state index in [4.69, 9.17) is 5.73 Å². The van der Waals surface area contributed by atoms with E-state index in [0.29, 0.717) is 6.54 Å². The fraction of sp³-hybridized carbons (Fsp3) is 0.238. The van der Waals surface area contributed by atoms with Crippen molar-refractivity contribution in [2.24, 2.45) is 14.1 Å². The summed E-state index contributed by atoms with van der Waals surface area (Å²) in [7, 11) is 2.86. The molecule has 3 aromatic heterocycles. The smallest absolute Gasteiger partial charge is 0.332 e. The first-order chi connectivity index (χ1) is 16.2. The lowest BCUT2D eigenvalue weighted by molar-refractivity contribution is -0.119. The lowest BCUT2D eigenvalue weighted by Crippen LogP contribution is -2.38. The molecule has 0 atom stereocenters. The van der Waals surface area contributed by atoms with E-state index in [9.17, 15) is 19.2 Å².